The Bertz CT molecular complexity index is 3040. The van der Waals surface area contributed by atoms with Crippen molar-refractivity contribution in [1.29, 1.82) is 0 Å². The van der Waals surface area contributed by atoms with E-state index in [2.05, 4.69) is 4.74 Å². The molecule has 3 aliphatic heterocycles. The second-order valence-electron chi connectivity index (χ2n) is 25.2. The fourth-order valence-electron chi connectivity index (χ4n) is 17.8. The first-order valence-electron chi connectivity index (χ1n) is 35.5. The average molecular weight is 1300 g/mol. The molecule has 0 radical (unpaired) electrons. The van der Waals surface area contributed by atoms with Gasteiger partial charge in [0, 0.05) is 37.0 Å². The zero-order valence-corrected chi connectivity index (χ0v) is 52.8. The normalized spacial score (nSPS) is 40.7. The van der Waals surface area contributed by atoms with Crippen LogP contribution in [0.15, 0.2) is 72.8 Å². The number of rotatable bonds is 8. The summed E-state index contributed by atoms with van der Waals surface area (Å²) in [5, 5.41) is 61.7. The number of carboxylic acid groups (broad SMARTS) is 1. The largest absolute Gasteiger partial charge is 1.00 e. The van der Waals surface area contributed by atoms with E-state index in [4.69, 9.17) is 55.9 Å². The van der Waals surface area contributed by atoms with E-state index in [-0.39, 0.29) is 113 Å². The monoisotopic (exact) mass is 1300 g/mol. The molecule has 91 heavy (non-hydrogen) atoms. The Balaban J connectivity index is 0.000000362. The molecule has 5 N–H and O–H groups in total. The Labute approximate surface area is 578 Å². The summed E-state index contributed by atoms with van der Waals surface area (Å²) in [6.07, 6.45) is 9.15. The molecule has 3 heterocycles. The minimum atomic E-state index is -2.82. The summed E-state index contributed by atoms with van der Waals surface area (Å²) in [5.74, 6) is 0.568. The second-order valence-corrected chi connectivity index (χ2v) is 25.2. The number of phenols is 2. The van der Waals surface area contributed by atoms with Gasteiger partial charge in [0.1, 0.15) is 46.9 Å². The first-order valence-corrected chi connectivity index (χ1v) is 31.0. The van der Waals surface area contributed by atoms with Crippen molar-refractivity contribution < 1.29 is 130 Å². The molecule has 3 aromatic carbocycles. The molecule has 510 valence electrons. The standard InChI is InChI=1S/C25H32O10.C18H22O4.C10H14O.C8H8O3.3C2H6.5CH4.Na/c1-23(30)19(27)18(26)22(33-20(23)21(28)29)32-17-5-3-4-14(11-17)25(31-2)24(34-35-25)15-7-12-6-13(9-15)10-16(24)8-12;1-20-18(13-3-2-4-16(19)10-13)17(21-22-18)14-6-11-5-12(8-14)9-15(17)7-11;11-10-8-2-6-1-7(4-8)5-9(10)3-6;1-11-8(10)6-3-2-4-7(9)5-6;3*1-2;;;;;;/h3-5,11-13,15-16,18-20,22,26-27,30H,6-10H2,1-2H3,(H,28,29);2-4,10-12,14-15,19H,5-9H2,1H3;6-9H,1-5H2;2-5,9H,1H3;3*1-2H3;5*1H4;/q;;;;;;;;;;;;+1/p-1/t12?,13?,15?,16?,18-,19?,20?,22+,23-,24?,25?;;;;;;;;;;;;/m0............/s1/i2D3;1D3;;1D3;;;;;;;;;. The van der Waals surface area contributed by atoms with Crippen molar-refractivity contribution in [2.24, 2.45) is 71.0 Å². The first-order chi connectivity index (χ1) is 44.3. The number of aliphatic carboxylic acids is 1. The van der Waals surface area contributed by atoms with Crippen molar-refractivity contribution in [1.82, 2.24) is 0 Å². The third-order valence-electron chi connectivity index (χ3n) is 20.6. The molecule has 7 atom stereocenters. The van der Waals surface area contributed by atoms with E-state index >= 15 is 0 Å². The molecule has 12 bridgehead atoms. The number of carbonyl (C=O) groups excluding carboxylic acids is 3. The molecule has 0 amide bonds. The topological polar surface area (TPSA) is 258 Å². The Morgan fingerprint density at radius 3 is 1.33 bits per heavy atom. The number of carboxylic acids is 1. The van der Waals surface area contributed by atoms with Gasteiger partial charge in [0.2, 0.25) is 6.29 Å². The molecule has 3 aromatic rings. The third-order valence-corrected chi connectivity index (χ3v) is 20.6. The smallest absolute Gasteiger partial charge is 0.547 e. The SMILES string of the molecule is C.C.C.C.C.CC.CC.CC.O=C1C2CC3CC(C2)CC1C3.[2H]C([2H])([2H])OC(=O)c1cccc(O)c1.[2H]C([2H])([2H])OC1(c2cccc(O)c2)OOC12C1CC3CC(C1)CC2C3.[2H]C([2H])([2H])OC1(c2cccc(O[C@@H]3OC(C(=O)[O-])[C@@](C)(O)C(O)[C@@H]3O)c2)OOC12C1CC3CC(C1)CC2C3.[Na+]. The van der Waals surface area contributed by atoms with Crippen LogP contribution in [-0.4, -0.2) is 106 Å². The Morgan fingerprint density at radius 2 is 0.956 bits per heavy atom. The molecule has 12 saturated carbocycles. The molecule has 12 aliphatic carbocycles. The molecule has 2 spiro atoms. The minimum Gasteiger partial charge on any atom is -0.547 e. The first kappa shape index (κ1) is 67.3. The third kappa shape index (κ3) is 14.4. The Hall–Kier alpha value is -3.73. The van der Waals surface area contributed by atoms with Crippen LogP contribution < -0.4 is 39.4 Å². The van der Waals surface area contributed by atoms with Gasteiger partial charge >= 0.3 is 35.5 Å². The molecule has 19 heteroatoms. The van der Waals surface area contributed by atoms with Gasteiger partial charge in [-0.05, 0) is 205 Å². The van der Waals surface area contributed by atoms with Crippen molar-refractivity contribution in [2.75, 3.05) is 21.1 Å². The molecule has 15 fully saturated rings. The van der Waals surface area contributed by atoms with Gasteiger partial charge in [-0.2, -0.15) is 9.78 Å². The molecular formula is C72H113NaO18. The number of aliphatic hydroxyl groups is 3. The Morgan fingerprint density at radius 1 is 0.560 bits per heavy atom. The molecule has 18 nitrogen and oxygen atoms in total. The van der Waals surface area contributed by atoms with Crippen LogP contribution in [0.1, 0.15) is 216 Å². The number of esters is 1. The van der Waals surface area contributed by atoms with Gasteiger partial charge in [0.15, 0.2) is 11.2 Å². The summed E-state index contributed by atoms with van der Waals surface area (Å²) in [6, 6.07) is 17.9. The van der Waals surface area contributed by atoms with Crippen LogP contribution >= 0.6 is 0 Å². The van der Waals surface area contributed by atoms with E-state index in [9.17, 15) is 39.9 Å². The van der Waals surface area contributed by atoms with Crippen LogP contribution in [0.4, 0.5) is 0 Å². The number of ether oxygens (including phenoxy) is 5. The van der Waals surface area contributed by atoms with Gasteiger partial charge in [-0.25, -0.2) is 14.6 Å². The van der Waals surface area contributed by atoms with Crippen LogP contribution in [0.5, 0.6) is 17.2 Å². The number of ketones is 1. The maximum Gasteiger partial charge on any atom is 1.00 e. The van der Waals surface area contributed by atoms with E-state index in [1.54, 1.807) is 30.3 Å². The number of aliphatic hydroxyl groups excluding tert-OH is 2. The van der Waals surface area contributed by atoms with Crippen LogP contribution in [0, 0.1) is 71.0 Å². The number of carbonyl (C=O) groups is 3. The van der Waals surface area contributed by atoms with Gasteiger partial charge in [0.05, 0.1) is 30.9 Å². The molecule has 3 saturated heterocycles. The van der Waals surface area contributed by atoms with Crippen molar-refractivity contribution >= 4 is 17.7 Å². The van der Waals surface area contributed by atoms with Gasteiger partial charge in [-0.3, -0.25) is 4.79 Å². The summed E-state index contributed by atoms with van der Waals surface area (Å²) >= 11 is 0. The van der Waals surface area contributed by atoms with Crippen LogP contribution in [0.3, 0.4) is 0 Å². The number of benzene rings is 3. The van der Waals surface area contributed by atoms with Crippen molar-refractivity contribution in [2.45, 2.75) is 235 Å². The molecule has 0 aromatic heterocycles. The van der Waals surface area contributed by atoms with Gasteiger partial charge < -0.3 is 59.1 Å². The van der Waals surface area contributed by atoms with E-state index in [1.807, 2.05) is 41.5 Å². The second kappa shape index (κ2) is 33.3. The van der Waals surface area contributed by atoms with Gasteiger partial charge in [0.25, 0.3) is 11.6 Å². The summed E-state index contributed by atoms with van der Waals surface area (Å²) in [7, 11) is -8.21. The summed E-state index contributed by atoms with van der Waals surface area (Å²) in [5.41, 5.74) is -3.27. The van der Waals surface area contributed by atoms with E-state index in [1.165, 1.54) is 81.3 Å². The quantitative estimate of drug-likeness (QED) is 0.0798. The van der Waals surface area contributed by atoms with Gasteiger partial charge in [-0.1, -0.05) is 109 Å². The average Bonchev–Trinajstić information content (AvgIpc) is 0.675. The Kier molecular flexibility index (Phi) is 24.6. The van der Waals surface area contributed by atoms with Crippen LogP contribution in [0.25, 0.3) is 0 Å². The van der Waals surface area contributed by atoms with Gasteiger partial charge in [-0.15, -0.1) is 0 Å². The predicted octanol–water partition coefficient (Wildman–Crippen LogP) is 9.77. The van der Waals surface area contributed by atoms with Crippen molar-refractivity contribution in [3.8, 4) is 17.2 Å². The van der Waals surface area contributed by atoms with Crippen molar-refractivity contribution in [3.63, 3.8) is 0 Å². The van der Waals surface area contributed by atoms with E-state index < -0.39 is 86.0 Å². The maximum atomic E-state index is 11.6. The maximum absolute atomic E-state index is 11.6. The fourth-order valence-corrected chi connectivity index (χ4v) is 17.8. The number of aromatic hydroxyl groups is 2. The molecule has 18 rings (SSSR count). The summed E-state index contributed by atoms with van der Waals surface area (Å²) in [4.78, 5) is 57.1. The predicted molar refractivity (Wildman–Crippen MR) is 342 cm³/mol. The number of Topliss-reactive ketones (excluding diaryl/α,β-unsaturated/α-hetero) is 1. The zero-order valence-electron chi connectivity index (χ0n) is 59.8. The number of hydrogen-bond acceptors (Lipinski definition) is 18. The van der Waals surface area contributed by atoms with E-state index in [0.717, 1.165) is 76.2 Å². The fraction of sp³-hybridized carbons (Fsp3) is 0.708. The minimum absolute atomic E-state index is 0. The van der Waals surface area contributed by atoms with Crippen LogP contribution in [-0.2, 0) is 59.7 Å². The number of phenolic OH excluding ortho intramolecular Hbond substituents is 2. The van der Waals surface area contributed by atoms with E-state index in [0.29, 0.717) is 52.4 Å². The summed E-state index contributed by atoms with van der Waals surface area (Å²) < 4.78 is 93.4. The molecular weight excluding hydrogens is 1180 g/mol. The summed E-state index contributed by atoms with van der Waals surface area (Å²) in [6.45, 7) is 13.0. The van der Waals surface area contributed by atoms with Crippen LogP contribution in [0.2, 0.25) is 0 Å². The molecule has 4 unspecified atom stereocenters. The molecule has 15 aliphatic rings. The number of methoxy groups -OCH3 is 3. The zero-order chi connectivity index (χ0) is 68.9. The van der Waals surface area contributed by atoms with Crippen molar-refractivity contribution in [3.05, 3.63) is 89.5 Å². The number of hydrogen-bond donors (Lipinski definition) is 5.